The summed E-state index contributed by atoms with van der Waals surface area (Å²) in [6.07, 6.45) is 1.71. The van der Waals surface area contributed by atoms with Gasteiger partial charge in [-0.3, -0.25) is 9.36 Å². The van der Waals surface area contributed by atoms with E-state index in [1.165, 1.54) is 23.1 Å². The Kier molecular flexibility index (Phi) is 9.04. The quantitative estimate of drug-likeness (QED) is 0.124. The molecule has 190 valence electrons. The molecule has 0 saturated carbocycles. The van der Waals surface area contributed by atoms with Crippen molar-refractivity contribution in [3.05, 3.63) is 82.2 Å². The fourth-order valence-electron chi connectivity index (χ4n) is 3.54. The second-order valence-corrected chi connectivity index (χ2v) is 10.3. The molecule has 0 aliphatic heterocycles. The zero-order valence-electron chi connectivity index (χ0n) is 19.7. The maximum atomic E-state index is 12.9. The number of ether oxygens (including phenoxy) is 1. The van der Waals surface area contributed by atoms with Crippen LogP contribution in [0, 0.1) is 0 Å². The van der Waals surface area contributed by atoms with Gasteiger partial charge in [0, 0.05) is 28.1 Å². The lowest BCUT2D eigenvalue weighted by atomic mass is 10.0. The Hall–Kier alpha value is -3.11. The lowest BCUT2D eigenvalue weighted by molar-refractivity contribution is -0.113. The molecule has 0 fully saturated rings. The summed E-state index contributed by atoms with van der Waals surface area (Å²) >= 11 is 14.9. The van der Waals surface area contributed by atoms with Gasteiger partial charge in [-0.2, -0.15) is 0 Å². The zero-order valence-corrected chi connectivity index (χ0v) is 22.9. The second-order valence-electron chi connectivity index (χ2n) is 7.61. The molecule has 2 heterocycles. The summed E-state index contributed by atoms with van der Waals surface area (Å²) in [5.74, 6) is -0.193. The number of halogens is 2. The minimum Gasteiger partial charge on any atom is -0.462 e. The number of hydrogen-bond donors (Lipinski definition) is 1. The molecule has 4 aromatic rings. The van der Waals surface area contributed by atoms with Gasteiger partial charge in [-0.1, -0.05) is 71.4 Å². The zero-order chi connectivity index (χ0) is 26.4. The standard InChI is InChI=1S/C26H22Cl2N4O3S2/c1-3-12-32-23(18-11-10-17(27)13-20(18)28)30-31-26(32)37-15-21(33)29-24-22(25(34)35-4-2)19(14-36-24)16-8-6-5-7-9-16/h3,5-11,13-14H,1,4,12,15H2,2H3,(H,29,33). The van der Waals surface area contributed by atoms with Gasteiger partial charge in [-0.05, 0) is 30.7 Å². The van der Waals surface area contributed by atoms with Gasteiger partial charge < -0.3 is 10.1 Å². The minimum atomic E-state index is -0.485. The van der Waals surface area contributed by atoms with E-state index in [2.05, 4.69) is 22.1 Å². The van der Waals surface area contributed by atoms with E-state index in [0.717, 1.165) is 5.56 Å². The number of aromatic nitrogens is 3. The number of benzene rings is 2. The van der Waals surface area contributed by atoms with E-state index in [4.69, 9.17) is 27.9 Å². The van der Waals surface area contributed by atoms with Crippen molar-refractivity contribution >= 4 is 63.2 Å². The van der Waals surface area contributed by atoms with Crippen LogP contribution in [0.2, 0.25) is 10.0 Å². The van der Waals surface area contributed by atoms with Crippen LogP contribution >= 0.6 is 46.3 Å². The smallest absolute Gasteiger partial charge is 0.341 e. The van der Waals surface area contributed by atoms with Gasteiger partial charge in [-0.15, -0.1) is 28.1 Å². The Morgan fingerprint density at radius 3 is 2.65 bits per heavy atom. The maximum Gasteiger partial charge on any atom is 0.341 e. The van der Waals surface area contributed by atoms with Gasteiger partial charge in [0.25, 0.3) is 0 Å². The van der Waals surface area contributed by atoms with Crippen LogP contribution in [0.5, 0.6) is 0 Å². The van der Waals surface area contributed by atoms with E-state index >= 15 is 0 Å². The van der Waals surface area contributed by atoms with Crippen molar-refractivity contribution in [2.24, 2.45) is 0 Å². The SMILES string of the molecule is C=CCn1c(SCC(=O)Nc2scc(-c3ccccc3)c2C(=O)OCC)nnc1-c1ccc(Cl)cc1Cl. The van der Waals surface area contributed by atoms with Crippen LogP contribution in [0.15, 0.2) is 71.7 Å². The molecule has 7 nitrogen and oxygen atoms in total. The molecule has 0 radical (unpaired) electrons. The molecule has 1 N–H and O–H groups in total. The summed E-state index contributed by atoms with van der Waals surface area (Å²) in [5, 5.41) is 15.1. The van der Waals surface area contributed by atoms with Crippen LogP contribution in [-0.4, -0.2) is 39.0 Å². The number of rotatable bonds is 10. The normalized spacial score (nSPS) is 10.8. The van der Waals surface area contributed by atoms with Gasteiger partial charge in [0.05, 0.1) is 17.4 Å². The molecule has 37 heavy (non-hydrogen) atoms. The van der Waals surface area contributed by atoms with Crippen LogP contribution < -0.4 is 5.32 Å². The Balaban J connectivity index is 1.53. The third-order valence-electron chi connectivity index (χ3n) is 5.14. The molecule has 0 spiro atoms. The summed E-state index contributed by atoms with van der Waals surface area (Å²) in [6.45, 7) is 6.20. The first-order valence-corrected chi connectivity index (χ1v) is 13.8. The number of anilines is 1. The van der Waals surface area contributed by atoms with E-state index in [9.17, 15) is 9.59 Å². The van der Waals surface area contributed by atoms with Crippen LogP contribution in [0.4, 0.5) is 5.00 Å². The Morgan fingerprint density at radius 2 is 1.95 bits per heavy atom. The molecule has 2 aromatic carbocycles. The average molecular weight is 574 g/mol. The number of thioether (sulfide) groups is 1. The third-order valence-corrected chi connectivity index (χ3v) is 7.55. The molecule has 4 rings (SSSR count). The molecule has 0 aliphatic rings. The highest BCUT2D eigenvalue weighted by Crippen LogP contribution is 2.36. The first-order valence-electron chi connectivity index (χ1n) is 11.2. The number of nitrogens with one attached hydrogen (secondary N) is 1. The highest BCUT2D eigenvalue weighted by atomic mass is 35.5. The lowest BCUT2D eigenvalue weighted by Gasteiger charge is -2.10. The number of thiophene rings is 1. The number of nitrogens with zero attached hydrogens (tertiary/aromatic N) is 3. The average Bonchev–Trinajstić information content (AvgIpc) is 3.48. The summed E-state index contributed by atoms with van der Waals surface area (Å²) in [4.78, 5) is 25.7. The fourth-order valence-corrected chi connectivity index (χ4v) is 5.75. The third kappa shape index (κ3) is 6.24. The van der Waals surface area contributed by atoms with Crippen LogP contribution in [0.3, 0.4) is 0 Å². The highest BCUT2D eigenvalue weighted by Gasteiger charge is 2.23. The molecule has 0 atom stereocenters. The Bertz CT molecular complexity index is 1440. The number of amides is 1. The summed E-state index contributed by atoms with van der Waals surface area (Å²) < 4.78 is 7.09. The number of allylic oxidation sites excluding steroid dienone is 1. The van der Waals surface area contributed by atoms with Gasteiger partial charge in [0.1, 0.15) is 10.6 Å². The predicted octanol–water partition coefficient (Wildman–Crippen LogP) is 7.07. The molecule has 0 aliphatic carbocycles. The molecular weight excluding hydrogens is 551 g/mol. The largest absolute Gasteiger partial charge is 0.462 e. The van der Waals surface area contributed by atoms with E-state index in [1.54, 1.807) is 31.2 Å². The molecule has 0 bridgehead atoms. The summed E-state index contributed by atoms with van der Waals surface area (Å²) in [6, 6.07) is 14.6. The fraction of sp³-hybridized carbons (Fsp3) is 0.154. The van der Waals surface area contributed by atoms with Crippen molar-refractivity contribution in [1.29, 1.82) is 0 Å². The molecule has 0 unspecified atom stereocenters. The minimum absolute atomic E-state index is 0.0461. The van der Waals surface area contributed by atoms with Crippen molar-refractivity contribution in [3.63, 3.8) is 0 Å². The maximum absolute atomic E-state index is 12.9. The number of carbonyl (C=O) groups excluding carboxylic acids is 2. The lowest BCUT2D eigenvalue weighted by Crippen LogP contribution is -2.17. The summed E-state index contributed by atoms with van der Waals surface area (Å²) in [5.41, 5.74) is 2.58. The van der Waals surface area contributed by atoms with E-state index in [1.807, 2.05) is 40.3 Å². The van der Waals surface area contributed by atoms with E-state index in [0.29, 0.717) is 49.3 Å². The predicted molar refractivity (Wildman–Crippen MR) is 151 cm³/mol. The number of carbonyl (C=O) groups is 2. The first-order chi connectivity index (χ1) is 17.9. The van der Waals surface area contributed by atoms with Crippen LogP contribution in [0.1, 0.15) is 17.3 Å². The Labute approximate surface area is 232 Å². The van der Waals surface area contributed by atoms with Crippen molar-refractivity contribution in [2.75, 3.05) is 17.7 Å². The first kappa shape index (κ1) is 26.9. The highest BCUT2D eigenvalue weighted by molar-refractivity contribution is 7.99. The van der Waals surface area contributed by atoms with Gasteiger partial charge in [0.15, 0.2) is 11.0 Å². The van der Waals surface area contributed by atoms with Crippen molar-refractivity contribution in [3.8, 4) is 22.5 Å². The van der Waals surface area contributed by atoms with E-state index in [-0.39, 0.29) is 18.3 Å². The monoisotopic (exact) mass is 572 g/mol. The number of esters is 1. The molecule has 2 aromatic heterocycles. The molecule has 0 saturated heterocycles. The molecule has 11 heteroatoms. The van der Waals surface area contributed by atoms with Gasteiger partial charge in [0.2, 0.25) is 5.91 Å². The molecular formula is C26H22Cl2N4O3S2. The number of hydrogen-bond acceptors (Lipinski definition) is 7. The van der Waals surface area contributed by atoms with Crippen LogP contribution in [-0.2, 0) is 16.1 Å². The van der Waals surface area contributed by atoms with Crippen molar-refractivity contribution < 1.29 is 14.3 Å². The van der Waals surface area contributed by atoms with Gasteiger partial charge >= 0.3 is 5.97 Å². The van der Waals surface area contributed by atoms with Crippen molar-refractivity contribution in [1.82, 2.24) is 14.8 Å². The molecule has 1 amide bonds. The topological polar surface area (TPSA) is 86.1 Å². The summed E-state index contributed by atoms with van der Waals surface area (Å²) in [7, 11) is 0. The van der Waals surface area contributed by atoms with E-state index < -0.39 is 5.97 Å². The van der Waals surface area contributed by atoms with Gasteiger partial charge in [-0.25, -0.2) is 4.79 Å². The Morgan fingerprint density at radius 1 is 1.16 bits per heavy atom. The van der Waals surface area contributed by atoms with Crippen molar-refractivity contribution in [2.45, 2.75) is 18.6 Å². The van der Waals surface area contributed by atoms with Crippen LogP contribution in [0.25, 0.3) is 22.5 Å². The second kappa shape index (κ2) is 12.4.